The van der Waals surface area contributed by atoms with Gasteiger partial charge < -0.3 is 4.57 Å². The van der Waals surface area contributed by atoms with Gasteiger partial charge in [-0.25, -0.2) is 0 Å². The first-order valence-electron chi connectivity index (χ1n) is 4.38. The highest BCUT2D eigenvalue weighted by Gasteiger charge is 1.96. The van der Waals surface area contributed by atoms with Crippen molar-refractivity contribution in [1.82, 2.24) is 4.57 Å². The summed E-state index contributed by atoms with van der Waals surface area (Å²) in [6, 6.07) is 2.00. The van der Waals surface area contributed by atoms with Gasteiger partial charge >= 0.3 is 0 Å². The van der Waals surface area contributed by atoms with Crippen LogP contribution in [-0.2, 0) is 7.05 Å². The van der Waals surface area contributed by atoms with Crippen molar-refractivity contribution in [3.63, 3.8) is 0 Å². The Bertz CT molecular complexity index is 348. The van der Waals surface area contributed by atoms with Crippen molar-refractivity contribution >= 4 is 0 Å². The van der Waals surface area contributed by atoms with Gasteiger partial charge in [0.25, 0.3) is 0 Å². The SMILES string of the molecule is CC.Cn1ccc2c1=NCCN=2. The largest absolute Gasteiger partial charge is 0.335 e. The maximum Gasteiger partial charge on any atom is 0.153 e. The van der Waals surface area contributed by atoms with Gasteiger partial charge in [-0.1, -0.05) is 13.8 Å². The van der Waals surface area contributed by atoms with Gasteiger partial charge in [0.1, 0.15) is 5.36 Å². The van der Waals surface area contributed by atoms with Crippen LogP contribution in [0.3, 0.4) is 0 Å². The molecule has 0 spiro atoms. The van der Waals surface area contributed by atoms with E-state index in [2.05, 4.69) is 9.98 Å². The molecule has 0 saturated heterocycles. The fourth-order valence-corrected chi connectivity index (χ4v) is 1.15. The summed E-state index contributed by atoms with van der Waals surface area (Å²) in [6.07, 6.45) is 1.99. The zero-order valence-electron chi connectivity index (χ0n) is 7.91. The normalized spacial score (nSPS) is 13.2. The van der Waals surface area contributed by atoms with Gasteiger partial charge in [-0.15, -0.1) is 0 Å². The summed E-state index contributed by atoms with van der Waals surface area (Å²) in [7, 11) is 1.99. The molecule has 0 atom stereocenters. The predicted molar refractivity (Wildman–Crippen MR) is 48.8 cm³/mol. The van der Waals surface area contributed by atoms with Crippen LogP contribution in [0.5, 0.6) is 0 Å². The zero-order chi connectivity index (χ0) is 8.97. The van der Waals surface area contributed by atoms with E-state index in [0.717, 1.165) is 23.9 Å². The molecule has 1 aromatic heterocycles. The van der Waals surface area contributed by atoms with Crippen molar-refractivity contribution in [2.75, 3.05) is 13.1 Å². The van der Waals surface area contributed by atoms with Crippen molar-refractivity contribution in [3.8, 4) is 0 Å². The van der Waals surface area contributed by atoms with Gasteiger partial charge in [-0.3, -0.25) is 9.98 Å². The summed E-state index contributed by atoms with van der Waals surface area (Å²) in [5.41, 5.74) is 1.02. The molecule has 0 bridgehead atoms. The van der Waals surface area contributed by atoms with Crippen LogP contribution in [0.2, 0.25) is 0 Å². The lowest BCUT2D eigenvalue weighted by Gasteiger charge is -1.95. The first-order chi connectivity index (χ1) is 5.88. The second-order valence-corrected chi connectivity index (χ2v) is 2.40. The minimum absolute atomic E-state index is 0.838. The number of nitrogens with zero attached hydrogens (tertiary/aromatic N) is 3. The van der Waals surface area contributed by atoms with E-state index in [4.69, 9.17) is 0 Å². The van der Waals surface area contributed by atoms with Crippen molar-refractivity contribution < 1.29 is 0 Å². The highest BCUT2D eigenvalue weighted by Crippen LogP contribution is 1.78. The topological polar surface area (TPSA) is 29.6 Å². The first-order valence-corrected chi connectivity index (χ1v) is 4.38. The minimum atomic E-state index is 0.838. The molecule has 1 aromatic rings. The fourth-order valence-electron chi connectivity index (χ4n) is 1.15. The van der Waals surface area contributed by atoms with E-state index < -0.39 is 0 Å². The van der Waals surface area contributed by atoms with Gasteiger partial charge in [0.05, 0.1) is 13.1 Å². The number of hydrogen-bond acceptors (Lipinski definition) is 2. The lowest BCUT2D eigenvalue weighted by Crippen LogP contribution is -2.31. The molecule has 0 saturated carbocycles. The Labute approximate surface area is 72.5 Å². The van der Waals surface area contributed by atoms with Crippen LogP contribution in [-0.4, -0.2) is 17.7 Å². The van der Waals surface area contributed by atoms with E-state index in [-0.39, 0.29) is 0 Å². The standard InChI is InChI=1S/C7H9N3.C2H6/c1-10-5-2-6-7(10)9-4-3-8-6;1-2/h2,5H,3-4H2,1H3;1-2H3. The van der Waals surface area contributed by atoms with Gasteiger partial charge in [-0.2, -0.15) is 0 Å². The monoisotopic (exact) mass is 165 g/mol. The van der Waals surface area contributed by atoms with E-state index in [1.807, 2.05) is 37.7 Å². The average Bonchev–Trinajstić information content (AvgIpc) is 2.53. The first kappa shape index (κ1) is 8.97. The summed E-state index contributed by atoms with van der Waals surface area (Å²) >= 11 is 0. The molecule has 3 heteroatoms. The van der Waals surface area contributed by atoms with Crippen molar-refractivity contribution in [1.29, 1.82) is 0 Å². The molecule has 2 heterocycles. The molecule has 0 amide bonds. The number of hydrogen-bond donors (Lipinski definition) is 0. The summed E-state index contributed by atoms with van der Waals surface area (Å²) in [4.78, 5) is 8.62. The second-order valence-electron chi connectivity index (χ2n) is 2.40. The van der Waals surface area contributed by atoms with E-state index in [9.17, 15) is 0 Å². The average molecular weight is 165 g/mol. The predicted octanol–water partition coefficient (Wildman–Crippen LogP) is 0.304. The molecule has 0 unspecified atom stereocenters. The number of rotatable bonds is 0. The molecule has 0 fully saturated rings. The van der Waals surface area contributed by atoms with E-state index >= 15 is 0 Å². The van der Waals surface area contributed by atoms with E-state index in [0.29, 0.717) is 0 Å². The highest BCUT2D eigenvalue weighted by atomic mass is 15.0. The zero-order valence-corrected chi connectivity index (χ0v) is 7.91. The van der Waals surface area contributed by atoms with E-state index in [1.165, 1.54) is 0 Å². The van der Waals surface area contributed by atoms with Gasteiger partial charge in [0.2, 0.25) is 0 Å². The Morgan fingerprint density at radius 1 is 1.25 bits per heavy atom. The third kappa shape index (κ3) is 1.55. The smallest absolute Gasteiger partial charge is 0.153 e. The molecule has 12 heavy (non-hydrogen) atoms. The Morgan fingerprint density at radius 2 is 1.92 bits per heavy atom. The molecule has 2 rings (SSSR count). The van der Waals surface area contributed by atoms with E-state index in [1.54, 1.807) is 0 Å². The van der Waals surface area contributed by atoms with Gasteiger partial charge in [0.15, 0.2) is 5.49 Å². The number of aromatic nitrogens is 1. The third-order valence-electron chi connectivity index (χ3n) is 1.66. The molecule has 1 aliphatic rings. The maximum absolute atomic E-state index is 4.32. The molecule has 3 nitrogen and oxygen atoms in total. The summed E-state index contributed by atoms with van der Waals surface area (Å²) < 4.78 is 2.00. The quantitative estimate of drug-likeness (QED) is 0.529. The summed E-state index contributed by atoms with van der Waals surface area (Å²) in [6.45, 7) is 5.68. The Kier molecular flexibility index (Phi) is 3.02. The van der Waals surface area contributed by atoms with Crippen LogP contribution < -0.4 is 10.8 Å². The molecule has 66 valence electrons. The molecular formula is C9H15N3. The third-order valence-corrected chi connectivity index (χ3v) is 1.66. The van der Waals surface area contributed by atoms with Crippen LogP contribution in [0.15, 0.2) is 22.2 Å². The summed E-state index contributed by atoms with van der Waals surface area (Å²) in [5, 5.41) is 1.04. The Hall–Kier alpha value is -1.12. The van der Waals surface area contributed by atoms with Gasteiger partial charge in [0, 0.05) is 13.2 Å². The summed E-state index contributed by atoms with van der Waals surface area (Å²) in [5.74, 6) is 0. The van der Waals surface area contributed by atoms with Crippen molar-refractivity contribution in [2.45, 2.75) is 13.8 Å². The highest BCUT2D eigenvalue weighted by molar-refractivity contribution is 4.92. The second kappa shape index (κ2) is 4.04. The molecule has 0 aromatic carbocycles. The molecule has 0 aliphatic carbocycles. The minimum Gasteiger partial charge on any atom is -0.335 e. The molecular weight excluding hydrogens is 150 g/mol. The number of fused-ring (bicyclic) bond motifs is 1. The van der Waals surface area contributed by atoms with Crippen LogP contribution in [0.4, 0.5) is 0 Å². The molecule has 0 N–H and O–H groups in total. The Balaban J connectivity index is 0.000000336. The Morgan fingerprint density at radius 3 is 2.58 bits per heavy atom. The van der Waals surface area contributed by atoms with Crippen LogP contribution in [0.1, 0.15) is 13.8 Å². The fraction of sp³-hybridized carbons (Fsp3) is 0.556. The van der Waals surface area contributed by atoms with Crippen LogP contribution >= 0.6 is 0 Å². The maximum atomic E-state index is 4.32. The molecule has 0 radical (unpaired) electrons. The van der Waals surface area contributed by atoms with Crippen LogP contribution in [0.25, 0.3) is 0 Å². The van der Waals surface area contributed by atoms with Gasteiger partial charge in [-0.05, 0) is 6.07 Å². The lowest BCUT2D eigenvalue weighted by molar-refractivity contribution is 0.774. The van der Waals surface area contributed by atoms with Crippen LogP contribution in [0, 0.1) is 0 Å². The molecule has 1 aliphatic heterocycles. The van der Waals surface area contributed by atoms with Crippen molar-refractivity contribution in [2.24, 2.45) is 17.0 Å². The number of aryl methyl sites for hydroxylation is 1. The van der Waals surface area contributed by atoms with Crippen molar-refractivity contribution in [3.05, 3.63) is 23.1 Å². The lowest BCUT2D eigenvalue weighted by atomic mass is 10.5.